The Hall–Kier alpha value is -3.27. The Balaban J connectivity index is 1.70. The molecule has 10 heteroatoms. The van der Waals surface area contributed by atoms with Gasteiger partial charge in [0.05, 0.1) is 17.3 Å². The fourth-order valence-corrected chi connectivity index (χ4v) is 3.05. The van der Waals surface area contributed by atoms with Gasteiger partial charge in [-0.05, 0) is 58.7 Å². The van der Waals surface area contributed by atoms with Crippen molar-refractivity contribution >= 4 is 34.0 Å². The first kappa shape index (κ1) is 20.5. The first-order valence-electron chi connectivity index (χ1n) is 8.58. The number of ether oxygens (including phenoxy) is 4. The van der Waals surface area contributed by atoms with E-state index in [-0.39, 0.29) is 13.4 Å². The highest BCUT2D eigenvalue weighted by Gasteiger charge is 2.16. The normalized spacial score (nSPS) is 12.1. The number of nitrogens with two attached hydrogens (primary N) is 1. The van der Waals surface area contributed by atoms with Crippen LogP contribution in [-0.2, 0) is 4.79 Å². The van der Waals surface area contributed by atoms with Crippen molar-refractivity contribution in [3.8, 4) is 23.0 Å². The fourth-order valence-electron chi connectivity index (χ4n) is 2.48. The lowest BCUT2D eigenvalue weighted by Gasteiger charge is -2.13. The summed E-state index contributed by atoms with van der Waals surface area (Å²) in [7, 11) is 0. The quantitative estimate of drug-likeness (QED) is 0.457. The average molecular weight is 464 g/mol. The average Bonchev–Trinajstić information content (AvgIpc) is 3.15. The van der Waals surface area contributed by atoms with E-state index in [2.05, 4.69) is 26.5 Å². The number of nitrogens with one attached hydrogen (secondary N) is 1. The van der Waals surface area contributed by atoms with Crippen LogP contribution in [0.2, 0.25) is 0 Å². The zero-order valence-electron chi connectivity index (χ0n) is 15.4. The molecule has 152 valence electrons. The maximum Gasteiger partial charge on any atom is 0.271 e. The van der Waals surface area contributed by atoms with Gasteiger partial charge >= 0.3 is 0 Å². The molecule has 2 aromatic rings. The second-order valence-corrected chi connectivity index (χ2v) is 6.64. The van der Waals surface area contributed by atoms with Crippen LogP contribution >= 0.6 is 15.9 Å². The molecule has 0 fully saturated rings. The van der Waals surface area contributed by atoms with E-state index in [1.54, 1.807) is 30.3 Å². The number of carbonyl (C=O) groups excluding carboxylic acids is 2. The summed E-state index contributed by atoms with van der Waals surface area (Å²) in [5.41, 5.74) is 8.59. The molecule has 3 rings (SSSR count). The molecule has 9 nitrogen and oxygen atoms in total. The number of benzene rings is 2. The van der Waals surface area contributed by atoms with Crippen molar-refractivity contribution in [2.45, 2.75) is 6.92 Å². The van der Waals surface area contributed by atoms with E-state index >= 15 is 0 Å². The van der Waals surface area contributed by atoms with Gasteiger partial charge in [-0.25, -0.2) is 5.43 Å². The first-order valence-corrected chi connectivity index (χ1v) is 9.37. The maximum atomic E-state index is 12.3. The zero-order valence-corrected chi connectivity index (χ0v) is 17.0. The number of hydrogen-bond acceptors (Lipinski definition) is 7. The fraction of sp³-hybridized carbons (Fsp3) is 0.211. The topological polar surface area (TPSA) is 121 Å². The molecule has 29 heavy (non-hydrogen) atoms. The molecular formula is C19H18BrN3O6. The van der Waals surface area contributed by atoms with E-state index in [1.807, 2.05) is 6.92 Å². The minimum absolute atomic E-state index is 0.134. The molecule has 3 N–H and O–H groups in total. The van der Waals surface area contributed by atoms with Gasteiger partial charge in [0.1, 0.15) is 0 Å². The van der Waals surface area contributed by atoms with E-state index in [4.69, 9.17) is 24.7 Å². The number of rotatable bonds is 8. The summed E-state index contributed by atoms with van der Waals surface area (Å²) in [4.78, 5) is 23.2. The Bertz CT molecular complexity index is 963. The monoisotopic (exact) mass is 463 g/mol. The molecule has 0 bridgehead atoms. The van der Waals surface area contributed by atoms with Gasteiger partial charge in [-0.15, -0.1) is 0 Å². The predicted octanol–water partition coefficient (Wildman–Crippen LogP) is 2.20. The molecule has 0 aromatic heterocycles. The molecule has 0 saturated carbocycles. The number of hydrazone groups is 1. The number of fused-ring (bicyclic) bond motifs is 1. The van der Waals surface area contributed by atoms with Crippen LogP contribution in [0.4, 0.5) is 0 Å². The molecule has 0 aliphatic carbocycles. The van der Waals surface area contributed by atoms with E-state index in [1.165, 1.54) is 6.21 Å². The first-order chi connectivity index (χ1) is 14.0. The standard InChI is InChI=1S/C19H18BrN3O6/c1-2-26-16-6-11(5-13(20)18(16)27-9-17(21)24)8-22-23-19(25)12-3-4-14-15(7-12)29-10-28-14/h3-8H,2,9-10H2,1H3,(H2,21,24)(H,23,25). The van der Waals surface area contributed by atoms with Crippen LogP contribution < -0.4 is 30.1 Å². The molecule has 1 heterocycles. The van der Waals surface area contributed by atoms with Crippen molar-refractivity contribution in [1.82, 2.24) is 5.43 Å². The molecule has 2 amide bonds. The van der Waals surface area contributed by atoms with Gasteiger partial charge in [0.25, 0.3) is 11.8 Å². The second-order valence-electron chi connectivity index (χ2n) is 5.79. The van der Waals surface area contributed by atoms with E-state index in [0.717, 1.165) is 0 Å². The van der Waals surface area contributed by atoms with Crippen molar-refractivity contribution in [3.63, 3.8) is 0 Å². The maximum absolute atomic E-state index is 12.3. The number of carbonyl (C=O) groups is 2. The van der Waals surface area contributed by atoms with Crippen molar-refractivity contribution in [3.05, 3.63) is 45.9 Å². The van der Waals surface area contributed by atoms with Crippen LogP contribution in [0.15, 0.2) is 39.9 Å². The van der Waals surface area contributed by atoms with Crippen molar-refractivity contribution in [1.29, 1.82) is 0 Å². The van der Waals surface area contributed by atoms with Gasteiger partial charge in [-0.2, -0.15) is 5.10 Å². The van der Waals surface area contributed by atoms with Gasteiger partial charge in [-0.3, -0.25) is 9.59 Å². The Morgan fingerprint density at radius 1 is 1.24 bits per heavy atom. The van der Waals surface area contributed by atoms with E-state index in [0.29, 0.717) is 45.2 Å². The van der Waals surface area contributed by atoms with E-state index in [9.17, 15) is 9.59 Å². The third-order valence-corrected chi connectivity index (χ3v) is 4.29. The largest absolute Gasteiger partial charge is 0.490 e. The number of halogens is 1. The van der Waals surface area contributed by atoms with Gasteiger partial charge in [0, 0.05) is 5.56 Å². The lowest BCUT2D eigenvalue weighted by Crippen LogP contribution is -2.20. The molecule has 0 atom stereocenters. The highest BCUT2D eigenvalue weighted by molar-refractivity contribution is 9.10. The SMILES string of the molecule is CCOc1cc(C=NNC(=O)c2ccc3c(c2)OCO3)cc(Br)c1OCC(N)=O. The second kappa shape index (κ2) is 9.28. The van der Waals surface area contributed by atoms with Crippen molar-refractivity contribution in [2.24, 2.45) is 10.8 Å². The molecule has 0 unspecified atom stereocenters. The minimum atomic E-state index is -0.601. The van der Waals surface area contributed by atoms with Gasteiger partial charge in [0.15, 0.2) is 29.6 Å². The lowest BCUT2D eigenvalue weighted by molar-refractivity contribution is -0.119. The summed E-state index contributed by atoms with van der Waals surface area (Å²) in [6.45, 7) is 2.06. The summed E-state index contributed by atoms with van der Waals surface area (Å²) < 4.78 is 22.0. The Labute approximate surface area is 174 Å². The highest BCUT2D eigenvalue weighted by atomic mass is 79.9. The predicted molar refractivity (Wildman–Crippen MR) is 108 cm³/mol. The Kier molecular flexibility index (Phi) is 6.55. The Morgan fingerprint density at radius 2 is 2.03 bits per heavy atom. The molecule has 0 radical (unpaired) electrons. The molecule has 2 aromatic carbocycles. The molecule has 1 aliphatic rings. The lowest BCUT2D eigenvalue weighted by atomic mass is 10.2. The van der Waals surface area contributed by atoms with Gasteiger partial charge in [0.2, 0.25) is 6.79 Å². The Morgan fingerprint density at radius 3 is 2.79 bits per heavy atom. The molecule has 0 saturated heterocycles. The zero-order chi connectivity index (χ0) is 20.8. The number of nitrogens with zero attached hydrogens (tertiary/aromatic N) is 1. The van der Waals surface area contributed by atoms with Crippen LogP contribution in [0.25, 0.3) is 0 Å². The summed E-state index contributed by atoms with van der Waals surface area (Å²) in [6.07, 6.45) is 1.45. The summed E-state index contributed by atoms with van der Waals surface area (Å²) in [5.74, 6) is 0.871. The number of hydrogen-bond donors (Lipinski definition) is 2. The van der Waals surface area contributed by atoms with Crippen LogP contribution in [0.1, 0.15) is 22.8 Å². The highest BCUT2D eigenvalue weighted by Crippen LogP contribution is 2.36. The van der Waals surface area contributed by atoms with Crippen molar-refractivity contribution < 1.29 is 28.5 Å². The number of primary amides is 1. The van der Waals surface area contributed by atoms with Gasteiger partial charge < -0.3 is 24.7 Å². The third kappa shape index (κ3) is 5.17. The summed E-state index contributed by atoms with van der Waals surface area (Å²) >= 11 is 3.37. The van der Waals surface area contributed by atoms with Crippen LogP contribution in [0, 0.1) is 0 Å². The van der Waals surface area contributed by atoms with Crippen molar-refractivity contribution in [2.75, 3.05) is 20.0 Å². The van der Waals surface area contributed by atoms with Crippen LogP contribution in [-0.4, -0.2) is 38.0 Å². The summed E-state index contributed by atoms with van der Waals surface area (Å²) in [6, 6.07) is 8.24. The summed E-state index contributed by atoms with van der Waals surface area (Å²) in [5, 5.41) is 3.97. The third-order valence-electron chi connectivity index (χ3n) is 3.70. The number of amides is 2. The van der Waals surface area contributed by atoms with Crippen LogP contribution in [0.5, 0.6) is 23.0 Å². The van der Waals surface area contributed by atoms with Crippen LogP contribution in [0.3, 0.4) is 0 Å². The molecule has 0 spiro atoms. The molecular weight excluding hydrogens is 446 g/mol. The minimum Gasteiger partial charge on any atom is -0.490 e. The smallest absolute Gasteiger partial charge is 0.271 e. The van der Waals surface area contributed by atoms with Gasteiger partial charge in [-0.1, -0.05) is 0 Å². The van der Waals surface area contributed by atoms with E-state index < -0.39 is 11.8 Å². The molecule has 1 aliphatic heterocycles.